The van der Waals surface area contributed by atoms with Crippen molar-refractivity contribution in [1.29, 1.82) is 0 Å². The summed E-state index contributed by atoms with van der Waals surface area (Å²) in [6.07, 6.45) is 1.87. The quantitative estimate of drug-likeness (QED) is 0.626. The predicted molar refractivity (Wildman–Crippen MR) is 78.2 cm³/mol. The highest BCUT2D eigenvalue weighted by Crippen LogP contribution is 2.32. The van der Waals surface area contributed by atoms with Gasteiger partial charge in [0, 0.05) is 7.11 Å². The Hall–Kier alpha value is -1.17. The second-order valence-electron chi connectivity index (χ2n) is 3.74. The molecule has 1 aromatic rings. The summed E-state index contributed by atoms with van der Waals surface area (Å²) in [7, 11) is 1.61. The van der Waals surface area contributed by atoms with Crippen LogP contribution in [0.1, 0.15) is 5.56 Å². The number of thioether (sulfide) groups is 1. The number of carbonyl (C=O) groups excluding carboxylic acids is 1. The number of ether oxygens (including phenoxy) is 1. The van der Waals surface area contributed by atoms with E-state index in [4.69, 9.17) is 17.0 Å². The molecular weight excluding hydrogens is 266 g/mol. The lowest BCUT2D eigenvalue weighted by Gasteiger charge is -2.12. The van der Waals surface area contributed by atoms with Crippen molar-refractivity contribution in [3.8, 4) is 0 Å². The van der Waals surface area contributed by atoms with E-state index in [1.165, 1.54) is 11.8 Å². The number of amides is 1. The van der Waals surface area contributed by atoms with Gasteiger partial charge in [-0.15, -0.1) is 0 Å². The number of methoxy groups -OCH3 is 1. The number of carbonyl (C=O) groups is 1. The van der Waals surface area contributed by atoms with Gasteiger partial charge in [-0.3, -0.25) is 9.69 Å². The summed E-state index contributed by atoms with van der Waals surface area (Å²) in [5.41, 5.74) is 1.00. The molecule has 5 heteroatoms. The van der Waals surface area contributed by atoms with E-state index < -0.39 is 0 Å². The molecular formula is C13H13NO2S2. The summed E-state index contributed by atoms with van der Waals surface area (Å²) >= 11 is 6.54. The van der Waals surface area contributed by atoms with E-state index in [0.29, 0.717) is 22.4 Å². The first-order valence-electron chi connectivity index (χ1n) is 5.51. The molecule has 0 atom stereocenters. The van der Waals surface area contributed by atoms with Gasteiger partial charge in [0.25, 0.3) is 5.91 Å². The summed E-state index contributed by atoms with van der Waals surface area (Å²) in [6, 6.07) is 9.75. The van der Waals surface area contributed by atoms with E-state index in [1.807, 2.05) is 36.4 Å². The molecule has 0 bridgehead atoms. The van der Waals surface area contributed by atoms with Gasteiger partial charge in [0.05, 0.1) is 18.1 Å². The third-order valence-electron chi connectivity index (χ3n) is 2.49. The number of thiocarbonyl (C=S) groups is 1. The van der Waals surface area contributed by atoms with Crippen molar-refractivity contribution in [2.45, 2.75) is 0 Å². The van der Waals surface area contributed by atoms with Crippen molar-refractivity contribution < 1.29 is 9.53 Å². The second-order valence-corrected chi connectivity index (χ2v) is 5.41. The van der Waals surface area contributed by atoms with E-state index in [2.05, 4.69) is 0 Å². The molecule has 94 valence electrons. The van der Waals surface area contributed by atoms with Gasteiger partial charge < -0.3 is 4.74 Å². The molecule has 0 spiro atoms. The zero-order chi connectivity index (χ0) is 13.0. The van der Waals surface area contributed by atoms with Crippen molar-refractivity contribution in [2.75, 3.05) is 20.3 Å². The van der Waals surface area contributed by atoms with Gasteiger partial charge in [0.15, 0.2) is 0 Å². The van der Waals surface area contributed by atoms with Crippen LogP contribution in [0.25, 0.3) is 6.08 Å². The molecule has 1 fully saturated rings. The van der Waals surface area contributed by atoms with Crippen LogP contribution in [0.3, 0.4) is 0 Å². The summed E-state index contributed by atoms with van der Waals surface area (Å²) < 4.78 is 5.57. The first kappa shape index (κ1) is 13.3. The first-order chi connectivity index (χ1) is 8.72. The number of rotatable bonds is 4. The molecule has 1 aromatic carbocycles. The van der Waals surface area contributed by atoms with Gasteiger partial charge in [0.2, 0.25) is 0 Å². The number of hydrogen-bond donors (Lipinski definition) is 0. The molecule has 1 saturated heterocycles. The fraction of sp³-hybridized carbons (Fsp3) is 0.231. The average Bonchev–Trinajstić information content (AvgIpc) is 2.64. The maximum Gasteiger partial charge on any atom is 0.266 e. The average molecular weight is 279 g/mol. The standard InChI is InChI=1S/C13H13NO2S2/c1-16-8-7-14-12(15)11(18-13(14)17)9-10-5-3-2-4-6-10/h2-6,9H,7-8H2,1H3/b11-9-. The van der Waals surface area contributed by atoms with Crippen LogP contribution in [0.15, 0.2) is 35.2 Å². The summed E-state index contributed by atoms with van der Waals surface area (Å²) in [5.74, 6) is -0.0362. The van der Waals surface area contributed by atoms with Crippen LogP contribution in [-0.4, -0.2) is 35.4 Å². The summed E-state index contributed by atoms with van der Waals surface area (Å²) in [6.45, 7) is 0.998. The molecule has 1 amide bonds. The summed E-state index contributed by atoms with van der Waals surface area (Å²) in [4.78, 5) is 14.4. The van der Waals surface area contributed by atoms with Gasteiger partial charge in [-0.2, -0.15) is 0 Å². The molecule has 3 nitrogen and oxygen atoms in total. The third kappa shape index (κ3) is 2.98. The largest absolute Gasteiger partial charge is 0.383 e. The van der Waals surface area contributed by atoms with E-state index in [1.54, 1.807) is 12.0 Å². The zero-order valence-electron chi connectivity index (χ0n) is 9.96. The van der Waals surface area contributed by atoms with Crippen molar-refractivity contribution in [3.05, 3.63) is 40.8 Å². The maximum atomic E-state index is 12.1. The number of hydrogen-bond acceptors (Lipinski definition) is 4. The minimum absolute atomic E-state index is 0.0362. The molecule has 0 radical (unpaired) electrons. The van der Waals surface area contributed by atoms with Crippen LogP contribution in [0.4, 0.5) is 0 Å². The molecule has 0 aromatic heterocycles. The molecule has 18 heavy (non-hydrogen) atoms. The monoisotopic (exact) mass is 279 g/mol. The van der Waals surface area contributed by atoms with Crippen LogP contribution >= 0.6 is 24.0 Å². The Morgan fingerprint density at radius 1 is 1.39 bits per heavy atom. The fourth-order valence-corrected chi connectivity index (χ4v) is 2.88. The highest BCUT2D eigenvalue weighted by Gasteiger charge is 2.31. The Morgan fingerprint density at radius 3 is 2.78 bits per heavy atom. The highest BCUT2D eigenvalue weighted by atomic mass is 32.2. The Morgan fingerprint density at radius 2 is 2.11 bits per heavy atom. The minimum atomic E-state index is -0.0362. The third-order valence-corrected chi connectivity index (χ3v) is 3.87. The van der Waals surface area contributed by atoms with Crippen molar-refractivity contribution in [3.63, 3.8) is 0 Å². The van der Waals surface area contributed by atoms with Crippen molar-refractivity contribution in [2.24, 2.45) is 0 Å². The normalized spacial score (nSPS) is 17.8. The topological polar surface area (TPSA) is 29.5 Å². The smallest absolute Gasteiger partial charge is 0.266 e. The first-order valence-corrected chi connectivity index (χ1v) is 6.74. The van der Waals surface area contributed by atoms with Crippen LogP contribution in [0.5, 0.6) is 0 Å². The summed E-state index contributed by atoms with van der Waals surface area (Å²) in [5, 5.41) is 0. The SMILES string of the molecule is COCCN1C(=O)/C(=C/c2ccccc2)SC1=S. The molecule has 1 aliphatic rings. The van der Waals surface area contributed by atoms with Crippen LogP contribution in [-0.2, 0) is 9.53 Å². The molecule has 0 saturated carbocycles. The zero-order valence-corrected chi connectivity index (χ0v) is 11.6. The van der Waals surface area contributed by atoms with E-state index >= 15 is 0 Å². The highest BCUT2D eigenvalue weighted by molar-refractivity contribution is 8.26. The Labute approximate surface area is 116 Å². The van der Waals surface area contributed by atoms with Crippen LogP contribution < -0.4 is 0 Å². The van der Waals surface area contributed by atoms with Crippen LogP contribution in [0, 0.1) is 0 Å². The Kier molecular flexibility index (Phi) is 4.52. The molecule has 0 unspecified atom stereocenters. The lowest BCUT2D eigenvalue weighted by molar-refractivity contribution is -0.122. The van der Waals surface area contributed by atoms with E-state index in [9.17, 15) is 4.79 Å². The van der Waals surface area contributed by atoms with E-state index in [0.717, 1.165) is 5.56 Å². The molecule has 0 aliphatic carbocycles. The fourth-order valence-electron chi connectivity index (χ4n) is 1.58. The lowest BCUT2D eigenvalue weighted by atomic mass is 10.2. The lowest BCUT2D eigenvalue weighted by Crippen LogP contribution is -2.31. The predicted octanol–water partition coefficient (Wildman–Crippen LogP) is 2.53. The van der Waals surface area contributed by atoms with Gasteiger partial charge in [-0.05, 0) is 11.6 Å². The Balaban J connectivity index is 2.15. The molecule has 1 heterocycles. The molecule has 2 rings (SSSR count). The maximum absolute atomic E-state index is 12.1. The molecule has 1 aliphatic heterocycles. The van der Waals surface area contributed by atoms with Gasteiger partial charge in [-0.25, -0.2) is 0 Å². The van der Waals surface area contributed by atoms with E-state index in [-0.39, 0.29) is 5.91 Å². The van der Waals surface area contributed by atoms with Gasteiger partial charge in [-0.1, -0.05) is 54.3 Å². The molecule has 0 N–H and O–H groups in total. The van der Waals surface area contributed by atoms with Gasteiger partial charge >= 0.3 is 0 Å². The van der Waals surface area contributed by atoms with Crippen LogP contribution in [0.2, 0.25) is 0 Å². The van der Waals surface area contributed by atoms with Gasteiger partial charge in [0.1, 0.15) is 4.32 Å². The number of nitrogens with zero attached hydrogens (tertiary/aromatic N) is 1. The van der Waals surface area contributed by atoms with Crippen molar-refractivity contribution >= 4 is 40.3 Å². The minimum Gasteiger partial charge on any atom is -0.383 e. The second kappa shape index (κ2) is 6.13. The van der Waals surface area contributed by atoms with Crippen molar-refractivity contribution in [1.82, 2.24) is 4.90 Å². The Bertz CT molecular complexity index is 485. The number of benzene rings is 1.